The molecular formula is C7H9IZr. The van der Waals surface area contributed by atoms with Crippen LogP contribution in [0.15, 0.2) is 24.3 Å². The molecule has 0 aromatic heterocycles. The summed E-state index contributed by atoms with van der Waals surface area (Å²) in [6.07, 6.45) is 8.69. The van der Waals surface area contributed by atoms with Crippen LogP contribution in [0.2, 0.25) is 0 Å². The normalized spacial score (nSPS) is 19.8. The molecule has 0 saturated carbocycles. The fourth-order valence-corrected chi connectivity index (χ4v) is 1.23. The van der Waals surface area contributed by atoms with Crippen LogP contribution in [-0.4, -0.2) is 3.92 Å². The monoisotopic (exact) mass is 310 g/mol. The third kappa shape index (κ3) is 3.13. The van der Waals surface area contributed by atoms with E-state index in [-0.39, 0.29) is 26.2 Å². The van der Waals surface area contributed by atoms with Crippen molar-refractivity contribution in [3.63, 3.8) is 0 Å². The predicted molar refractivity (Wildman–Crippen MR) is 45.3 cm³/mol. The Balaban J connectivity index is 0.000000640. The Hall–Kier alpha value is 1.09. The van der Waals surface area contributed by atoms with Crippen LogP contribution < -0.4 is 0 Å². The van der Waals surface area contributed by atoms with Crippen molar-refractivity contribution in [1.82, 2.24) is 0 Å². The average molecular weight is 311 g/mol. The molecule has 1 aliphatic carbocycles. The third-order valence-corrected chi connectivity index (χ3v) is 2.14. The van der Waals surface area contributed by atoms with E-state index in [1.165, 1.54) is 0 Å². The smallest absolute Gasteiger partial charge is 0.0179 e. The Labute approximate surface area is 89.1 Å². The van der Waals surface area contributed by atoms with Gasteiger partial charge in [0.05, 0.1) is 0 Å². The SMILES string of the molecule is CC(I)C1C=CC=C1.[Zr]. The molecule has 0 amide bonds. The van der Waals surface area contributed by atoms with Crippen LogP contribution in [0.3, 0.4) is 0 Å². The Morgan fingerprint density at radius 1 is 1.33 bits per heavy atom. The second-order valence-electron chi connectivity index (χ2n) is 2.02. The molecule has 1 atom stereocenters. The van der Waals surface area contributed by atoms with Crippen LogP contribution in [0, 0.1) is 5.92 Å². The van der Waals surface area contributed by atoms with Crippen LogP contribution in [0.5, 0.6) is 0 Å². The third-order valence-electron chi connectivity index (χ3n) is 1.31. The van der Waals surface area contributed by atoms with Gasteiger partial charge in [-0.2, -0.15) is 0 Å². The van der Waals surface area contributed by atoms with Crippen molar-refractivity contribution in [2.75, 3.05) is 0 Å². The first kappa shape index (κ1) is 10.1. The number of rotatable bonds is 1. The Bertz CT molecular complexity index is 115. The molecule has 1 unspecified atom stereocenters. The van der Waals surface area contributed by atoms with E-state index in [1.54, 1.807) is 0 Å². The fraction of sp³-hybridized carbons (Fsp3) is 0.429. The summed E-state index contributed by atoms with van der Waals surface area (Å²) < 4.78 is 0.739. The summed E-state index contributed by atoms with van der Waals surface area (Å²) >= 11 is 2.44. The minimum Gasteiger partial charge on any atom is -0.0819 e. The van der Waals surface area contributed by atoms with E-state index < -0.39 is 0 Å². The summed E-state index contributed by atoms with van der Waals surface area (Å²) in [4.78, 5) is 0. The van der Waals surface area contributed by atoms with E-state index in [0.717, 1.165) is 3.92 Å². The molecule has 0 saturated heterocycles. The first-order chi connectivity index (χ1) is 3.80. The molecule has 0 fully saturated rings. The minimum absolute atomic E-state index is 0. The van der Waals surface area contributed by atoms with E-state index in [9.17, 15) is 0 Å². The molecule has 0 radical (unpaired) electrons. The number of halogens is 1. The van der Waals surface area contributed by atoms with Crippen LogP contribution >= 0.6 is 22.6 Å². The van der Waals surface area contributed by atoms with Gasteiger partial charge in [-0.05, 0) is 0 Å². The van der Waals surface area contributed by atoms with Gasteiger partial charge in [-0.3, -0.25) is 0 Å². The van der Waals surface area contributed by atoms with Crippen LogP contribution in [0.1, 0.15) is 6.92 Å². The molecule has 0 aromatic carbocycles. The largest absolute Gasteiger partial charge is 0.0819 e. The molecule has 0 nitrogen and oxygen atoms in total. The summed E-state index contributed by atoms with van der Waals surface area (Å²) in [6.45, 7) is 2.23. The zero-order valence-electron chi connectivity index (χ0n) is 5.34. The van der Waals surface area contributed by atoms with Crippen molar-refractivity contribution in [3.8, 4) is 0 Å². The first-order valence-electron chi connectivity index (χ1n) is 2.80. The summed E-state index contributed by atoms with van der Waals surface area (Å²) in [5.41, 5.74) is 0. The summed E-state index contributed by atoms with van der Waals surface area (Å²) in [6, 6.07) is 0. The molecule has 0 heterocycles. The van der Waals surface area contributed by atoms with Gasteiger partial charge < -0.3 is 0 Å². The van der Waals surface area contributed by atoms with Crippen molar-refractivity contribution in [1.29, 1.82) is 0 Å². The van der Waals surface area contributed by atoms with E-state index >= 15 is 0 Å². The quantitative estimate of drug-likeness (QED) is 0.516. The second kappa shape index (κ2) is 4.84. The average Bonchev–Trinajstić information content (AvgIpc) is 2.12. The predicted octanol–water partition coefficient (Wildman–Crippen LogP) is 2.55. The van der Waals surface area contributed by atoms with E-state index in [2.05, 4.69) is 53.8 Å². The Morgan fingerprint density at radius 2 is 1.78 bits per heavy atom. The van der Waals surface area contributed by atoms with Crippen molar-refractivity contribution in [2.45, 2.75) is 10.8 Å². The number of hydrogen-bond acceptors (Lipinski definition) is 0. The molecule has 1 aliphatic rings. The zero-order chi connectivity index (χ0) is 5.98. The maximum absolute atomic E-state index is 2.44. The minimum atomic E-state index is 0. The van der Waals surface area contributed by atoms with Gasteiger partial charge in [0.15, 0.2) is 0 Å². The van der Waals surface area contributed by atoms with Crippen molar-refractivity contribution < 1.29 is 26.2 Å². The number of hydrogen-bond donors (Lipinski definition) is 0. The van der Waals surface area contributed by atoms with Crippen LogP contribution in [0.25, 0.3) is 0 Å². The van der Waals surface area contributed by atoms with Gasteiger partial charge in [-0.25, -0.2) is 0 Å². The molecular weight excluding hydrogens is 302 g/mol. The summed E-state index contributed by atoms with van der Waals surface area (Å²) in [5.74, 6) is 0.690. The molecule has 0 N–H and O–H groups in total. The first-order valence-corrected chi connectivity index (χ1v) is 4.04. The van der Waals surface area contributed by atoms with Gasteiger partial charge in [0, 0.05) is 36.0 Å². The molecule has 0 aliphatic heterocycles. The van der Waals surface area contributed by atoms with Crippen molar-refractivity contribution in [2.24, 2.45) is 5.92 Å². The van der Waals surface area contributed by atoms with Crippen molar-refractivity contribution >= 4 is 22.6 Å². The molecule has 0 aromatic rings. The molecule has 0 spiro atoms. The molecule has 1 rings (SSSR count). The maximum Gasteiger partial charge on any atom is 0.0179 e. The van der Waals surface area contributed by atoms with E-state index in [0.29, 0.717) is 5.92 Å². The molecule has 9 heavy (non-hydrogen) atoms. The fourth-order valence-electron chi connectivity index (χ4n) is 0.755. The second-order valence-corrected chi connectivity index (χ2v) is 3.99. The Morgan fingerprint density at radius 3 is 2.00 bits per heavy atom. The zero-order valence-corrected chi connectivity index (χ0v) is 9.96. The van der Waals surface area contributed by atoms with Gasteiger partial charge in [0.25, 0.3) is 0 Å². The molecule has 48 valence electrons. The van der Waals surface area contributed by atoms with Gasteiger partial charge in [0.1, 0.15) is 0 Å². The van der Waals surface area contributed by atoms with Gasteiger partial charge >= 0.3 is 0 Å². The molecule has 2 heteroatoms. The van der Waals surface area contributed by atoms with E-state index in [4.69, 9.17) is 0 Å². The maximum atomic E-state index is 2.44. The van der Waals surface area contributed by atoms with Crippen LogP contribution in [0.4, 0.5) is 0 Å². The number of alkyl halides is 1. The van der Waals surface area contributed by atoms with Crippen LogP contribution in [-0.2, 0) is 26.2 Å². The number of allylic oxidation sites excluding steroid dienone is 4. The summed E-state index contributed by atoms with van der Waals surface area (Å²) in [7, 11) is 0. The van der Waals surface area contributed by atoms with Crippen molar-refractivity contribution in [3.05, 3.63) is 24.3 Å². The molecule has 0 bridgehead atoms. The van der Waals surface area contributed by atoms with E-state index in [1.807, 2.05) is 0 Å². The van der Waals surface area contributed by atoms with Gasteiger partial charge in [-0.15, -0.1) is 0 Å². The van der Waals surface area contributed by atoms with Gasteiger partial charge in [0.2, 0.25) is 0 Å². The summed E-state index contributed by atoms with van der Waals surface area (Å²) in [5, 5.41) is 0. The topological polar surface area (TPSA) is 0 Å². The Kier molecular flexibility index (Phi) is 5.43. The van der Waals surface area contributed by atoms with Gasteiger partial charge in [-0.1, -0.05) is 53.8 Å². The standard InChI is InChI=1S/C7H9I.Zr/c1-6(8)7-4-2-3-5-7;/h2-7H,1H3;.